The maximum absolute atomic E-state index is 11.8. The maximum Gasteiger partial charge on any atom is 0.223 e. The van der Waals surface area contributed by atoms with E-state index >= 15 is 0 Å². The van der Waals surface area contributed by atoms with E-state index < -0.39 is 0 Å². The summed E-state index contributed by atoms with van der Waals surface area (Å²) in [6.45, 7) is 9.40. The summed E-state index contributed by atoms with van der Waals surface area (Å²) in [6.07, 6.45) is 1.63. The van der Waals surface area contributed by atoms with Crippen molar-refractivity contribution in [1.29, 1.82) is 0 Å². The Morgan fingerprint density at radius 2 is 1.74 bits per heavy atom. The molecule has 1 aromatic rings. The van der Waals surface area contributed by atoms with E-state index in [2.05, 4.69) is 36.5 Å². The molecule has 19 heavy (non-hydrogen) atoms. The Balaban J connectivity index is 2.33. The summed E-state index contributed by atoms with van der Waals surface area (Å²) in [6, 6.07) is 8.46. The summed E-state index contributed by atoms with van der Waals surface area (Å²) in [7, 11) is 0. The maximum atomic E-state index is 11.8. The Morgan fingerprint density at radius 3 is 2.32 bits per heavy atom. The zero-order valence-corrected chi connectivity index (χ0v) is 12.4. The number of rotatable bonds is 8. The van der Waals surface area contributed by atoms with Crippen molar-refractivity contribution in [3.63, 3.8) is 0 Å². The van der Waals surface area contributed by atoms with Crippen molar-refractivity contribution in [1.82, 2.24) is 10.2 Å². The Hall–Kier alpha value is -1.35. The fourth-order valence-corrected chi connectivity index (χ4v) is 2.23. The van der Waals surface area contributed by atoms with E-state index in [4.69, 9.17) is 0 Å². The van der Waals surface area contributed by atoms with E-state index in [1.165, 1.54) is 11.1 Å². The molecular formula is C16H26N2O. The van der Waals surface area contributed by atoms with Crippen LogP contribution < -0.4 is 5.32 Å². The molecule has 1 N–H and O–H groups in total. The highest BCUT2D eigenvalue weighted by molar-refractivity contribution is 5.76. The molecule has 0 aromatic heterocycles. The van der Waals surface area contributed by atoms with E-state index in [9.17, 15) is 4.79 Å². The second-order valence-electron chi connectivity index (χ2n) is 4.62. The van der Waals surface area contributed by atoms with Crippen LogP contribution in [-0.2, 0) is 17.8 Å². The third-order valence-electron chi connectivity index (χ3n) is 3.45. The van der Waals surface area contributed by atoms with Crippen molar-refractivity contribution in [2.45, 2.75) is 40.2 Å². The molecule has 106 valence electrons. The molecule has 0 saturated heterocycles. The molecule has 0 aliphatic rings. The first-order valence-corrected chi connectivity index (χ1v) is 7.28. The van der Waals surface area contributed by atoms with Crippen LogP contribution in [0.25, 0.3) is 0 Å². The second-order valence-corrected chi connectivity index (χ2v) is 4.62. The number of hydrogen-bond acceptors (Lipinski definition) is 2. The van der Waals surface area contributed by atoms with Gasteiger partial charge in [0.15, 0.2) is 0 Å². The fourth-order valence-electron chi connectivity index (χ4n) is 2.23. The Kier molecular flexibility index (Phi) is 7.19. The van der Waals surface area contributed by atoms with Crippen LogP contribution in [0.4, 0.5) is 0 Å². The zero-order valence-electron chi connectivity index (χ0n) is 12.4. The highest BCUT2D eigenvalue weighted by Gasteiger charge is 2.08. The average Bonchev–Trinajstić information content (AvgIpc) is 2.45. The van der Waals surface area contributed by atoms with Crippen LogP contribution >= 0.6 is 0 Å². The van der Waals surface area contributed by atoms with Crippen LogP contribution in [0.3, 0.4) is 0 Å². The lowest BCUT2D eigenvalue weighted by Crippen LogP contribution is -2.32. The van der Waals surface area contributed by atoms with Crippen LogP contribution in [-0.4, -0.2) is 30.4 Å². The van der Waals surface area contributed by atoms with Crippen molar-refractivity contribution >= 4 is 5.91 Å². The lowest BCUT2D eigenvalue weighted by molar-refractivity contribution is -0.130. The molecule has 0 saturated carbocycles. The molecule has 3 heteroatoms. The van der Waals surface area contributed by atoms with Gasteiger partial charge in [-0.1, -0.05) is 31.2 Å². The molecule has 0 atom stereocenters. The third-order valence-corrected chi connectivity index (χ3v) is 3.45. The molecule has 0 bridgehead atoms. The first kappa shape index (κ1) is 15.7. The SMILES string of the molecule is CCc1ccccc1CNCCC(=O)N(CC)CC. The summed E-state index contributed by atoms with van der Waals surface area (Å²) in [5.74, 6) is 0.237. The predicted molar refractivity (Wildman–Crippen MR) is 80.1 cm³/mol. The third kappa shape index (κ3) is 5.03. The molecule has 0 aliphatic carbocycles. The van der Waals surface area contributed by atoms with Crippen LogP contribution in [0, 0.1) is 0 Å². The number of aryl methyl sites for hydroxylation is 1. The van der Waals surface area contributed by atoms with Gasteiger partial charge in [0, 0.05) is 32.6 Å². The van der Waals surface area contributed by atoms with E-state index in [-0.39, 0.29) is 5.91 Å². The summed E-state index contributed by atoms with van der Waals surface area (Å²) >= 11 is 0. The fraction of sp³-hybridized carbons (Fsp3) is 0.562. The molecule has 1 aromatic carbocycles. The number of nitrogens with one attached hydrogen (secondary N) is 1. The Morgan fingerprint density at radius 1 is 1.11 bits per heavy atom. The van der Waals surface area contributed by atoms with Crippen LogP contribution in [0.1, 0.15) is 38.3 Å². The largest absolute Gasteiger partial charge is 0.343 e. The summed E-state index contributed by atoms with van der Waals surface area (Å²) in [5, 5.41) is 3.36. The first-order chi connectivity index (χ1) is 9.22. The lowest BCUT2D eigenvalue weighted by Gasteiger charge is -2.18. The molecule has 0 spiro atoms. The summed E-state index contributed by atoms with van der Waals surface area (Å²) in [5.41, 5.74) is 2.71. The molecule has 3 nitrogen and oxygen atoms in total. The van der Waals surface area contributed by atoms with Gasteiger partial charge in [-0.15, -0.1) is 0 Å². The highest BCUT2D eigenvalue weighted by atomic mass is 16.2. The molecule has 0 radical (unpaired) electrons. The Labute approximate surface area is 117 Å². The van der Waals surface area contributed by atoms with Crippen molar-refractivity contribution in [2.24, 2.45) is 0 Å². The van der Waals surface area contributed by atoms with Gasteiger partial charge < -0.3 is 10.2 Å². The minimum Gasteiger partial charge on any atom is -0.343 e. The normalized spacial score (nSPS) is 10.5. The van der Waals surface area contributed by atoms with E-state index in [1.807, 2.05) is 18.7 Å². The van der Waals surface area contributed by atoms with Gasteiger partial charge in [0.25, 0.3) is 0 Å². The van der Waals surface area contributed by atoms with Crippen molar-refractivity contribution in [3.05, 3.63) is 35.4 Å². The molecule has 0 unspecified atom stereocenters. The highest BCUT2D eigenvalue weighted by Crippen LogP contribution is 2.08. The van der Waals surface area contributed by atoms with E-state index in [0.717, 1.165) is 32.6 Å². The zero-order chi connectivity index (χ0) is 14.1. The van der Waals surface area contributed by atoms with Gasteiger partial charge in [0.1, 0.15) is 0 Å². The minimum absolute atomic E-state index is 0.237. The molecular weight excluding hydrogens is 236 g/mol. The topological polar surface area (TPSA) is 32.3 Å². The average molecular weight is 262 g/mol. The van der Waals surface area contributed by atoms with E-state index in [1.54, 1.807) is 0 Å². The minimum atomic E-state index is 0.237. The number of benzene rings is 1. The monoisotopic (exact) mass is 262 g/mol. The molecule has 0 aliphatic heterocycles. The molecule has 0 fully saturated rings. The number of amides is 1. The quantitative estimate of drug-likeness (QED) is 0.730. The number of hydrogen-bond donors (Lipinski definition) is 1. The van der Waals surface area contributed by atoms with Crippen LogP contribution in [0.15, 0.2) is 24.3 Å². The van der Waals surface area contributed by atoms with Gasteiger partial charge in [-0.3, -0.25) is 4.79 Å². The smallest absolute Gasteiger partial charge is 0.223 e. The van der Waals surface area contributed by atoms with Gasteiger partial charge in [-0.05, 0) is 31.4 Å². The van der Waals surface area contributed by atoms with Gasteiger partial charge in [0.2, 0.25) is 5.91 Å². The number of carbonyl (C=O) groups is 1. The molecule has 1 rings (SSSR count). The molecule has 0 heterocycles. The van der Waals surface area contributed by atoms with Gasteiger partial charge in [-0.25, -0.2) is 0 Å². The lowest BCUT2D eigenvalue weighted by atomic mass is 10.1. The van der Waals surface area contributed by atoms with Crippen molar-refractivity contribution in [3.8, 4) is 0 Å². The van der Waals surface area contributed by atoms with Crippen LogP contribution in [0.2, 0.25) is 0 Å². The predicted octanol–water partition coefficient (Wildman–Crippen LogP) is 2.60. The second kappa shape index (κ2) is 8.70. The molecule has 1 amide bonds. The van der Waals surface area contributed by atoms with E-state index in [0.29, 0.717) is 6.42 Å². The first-order valence-electron chi connectivity index (χ1n) is 7.28. The Bertz CT molecular complexity index is 386. The number of carbonyl (C=O) groups excluding carboxylic acids is 1. The van der Waals surface area contributed by atoms with Crippen molar-refractivity contribution in [2.75, 3.05) is 19.6 Å². The van der Waals surface area contributed by atoms with Crippen LogP contribution in [0.5, 0.6) is 0 Å². The number of nitrogens with zero attached hydrogens (tertiary/aromatic N) is 1. The van der Waals surface area contributed by atoms with Crippen molar-refractivity contribution < 1.29 is 4.79 Å². The van der Waals surface area contributed by atoms with Gasteiger partial charge in [-0.2, -0.15) is 0 Å². The van der Waals surface area contributed by atoms with Gasteiger partial charge in [0.05, 0.1) is 0 Å². The van der Waals surface area contributed by atoms with Gasteiger partial charge >= 0.3 is 0 Å². The standard InChI is InChI=1S/C16H26N2O/c1-4-14-9-7-8-10-15(14)13-17-12-11-16(19)18(5-2)6-3/h7-10,17H,4-6,11-13H2,1-3H3. The summed E-state index contributed by atoms with van der Waals surface area (Å²) in [4.78, 5) is 13.7. The summed E-state index contributed by atoms with van der Waals surface area (Å²) < 4.78 is 0.